The van der Waals surface area contributed by atoms with Crippen molar-refractivity contribution in [1.82, 2.24) is 0 Å². The summed E-state index contributed by atoms with van der Waals surface area (Å²) in [5.74, 6) is -0.394. The molecule has 0 saturated heterocycles. The number of anilines is 1. The van der Waals surface area contributed by atoms with Gasteiger partial charge < -0.3 is 5.32 Å². The van der Waals surface area contributed by atoms with Crippen LogP contribution in [-0.4, -0.2) is 7.05 Å². The first-order valence-corrected chi connectivity index (χ1v) is 5.32. The fraction of sp³-hybridized carbons (Fsp3) is 0.0769. The zero-order valence-electron chi connectivity index (χ0n) is 8.80. The number of rotatable bonds is 2. The number of halogens is 2. The van der Waals surface area contributed by atoms with Gasteiger partial charge in [0.05, 0.1) is 5.02 Å². The number of hydrogen-bond donors (Lipinski definition) is 1. The summed E-state index contributed by atoms with van der Waals surface area (Å²) in [5, 5.41) is 3.19. The predicted octanol–water partition coefficient (Wildman–Crippen LogP) is 4.19. The van der Waals surface area contributed by atoms with E-state index < -0.39 is 5.82 Å². The van der Waals surface area contributed by atoms with E-state index in [0.29, 0.717) is 0 Å². The van der Waals surface area contributed by atoms with Gasteiger partial charge in [0.25, 0.3) is 0 Å². The molecule has 1 N–H and O–H groups in total. The average molecular weight is 236 g/mol. The molecular formula is C13H11ClFN. The molecule has 0 heterocycles. The second-order valence-corrected chi connectivity index (χ2v) is 3.87. The summed E-state index contributed by atoms with van der Waals surface area (Å²) in [7, 11) is 1.85. The van der Waals surface area contributed by atoms with Crippen molar-refractivity contribution in [2.75, 3.05) is 12.4 Å². The normalized spacial score (nSPS) is 10.2. The Balaban J connectivity index is 2.46. The number of hydrogen-bond acceptors (Lipinski definition) is 1. The van der Waals surface area contributed by atoms with Gasteiger partial charge in [0.2, 0.25) is 0 Å². The van der Waals surface area contributed by atoms with Crippen molar-refractivity contribution in [1.29, 1.82) is 0 Å². The molecule has 2 rings (SSSR count). The standard InChI is InChI=1S/C13H11ClFN/c1-16-11-4-2-3-9(7-11)10-5-6-12(14)13(15)8-10/h2-8,16H,1H3. The predicted molar refractivity (Wildman–Crippen MR) is 66.4 cm³/mol. The molecule has 2 aromatic rings. The van der Waals surface area contributed by atoms with E-state index in [1.165, 1.54) is 6.07 Å². The molecular weight excluding hydrogens is 225 g/mol. The Labute approximate surface area is 98.9 Å². The largest absolute Gasteiger partial charge is 0.388 e. The smallest absolute Gasteiger partial charge is 0.142 e. The van der Waals surface area contributed by atoms with E-state index in [0.717, 1.165) is 16.8 Å². The van der Waals surface area contributed by atoms with Gasteiger partial charge in [-0.25, -0.2) is 4.39 Å². The maximum Gasteiger partial charge on any atom is 0.142 e. The molecule has 0 aliphatic rings. The maximum absolute atomic E-state index is 13.3. The molecule has 0 aliphatic heterocycles. The topological polar surface area (TPSA) is 12.0 Å². The highest BCUT2D eigenvalue weighted by molar-refractivity contribution is 6.30. The van der Waals surface area contributed by atoms with Gasteiger partial charge in [-0.1, -0.05) is 29.8 Å². The summed E-state index contributed by atoms with van der Waals surface area (Å²) in [4.78, 5) is 0. The summed E-state index contributed by atoms with van der Waals surface area (Å²) in [6.45, 7) is 0. The minimum atomic E-state index is -0.394. The first kappa shape index (κ1) is 11.0. The highest BCUT2D eigenvalue weighted by Gasteiger charge is 2.03. The molecule has 0 aromatic heterocycles. The molecule has 0 amide bonds. The van der Waals surface area contributed by atoms with E-state index in [2.05, 4.69) is 5.32 Å². The fourth-order valence-corrected chi connectivity index (χ4v) is 1.65. The Kier molecular flexibility index (Phi) is 3.11. The van der Waals surface area contributed by atoms with Crippen LogP contribution in [0.3, 0.4) is 0 Å². The zero-order valence-corrected chi connectivity index (χ0v) is 9.55. The fourth-order valence-electron chi connectivity index (χ4n) is 1.53. The van der Waals surface area contributed by atoms with Gasteiger partial charge in [-0.3, -0.25) is 0 Å². The molecule has 16 heavy (non-hydrogen) atoms. The van der Waals surface area contributed by atoms with Crippen LogP contribution in [0.4, 0.5) is 10.1 Å². The molecule has 0 radical (unpaired) electrons. The lowest BCUT2D eigenvalue weighted by molar-refractivity contribution is 0.629. The quantitative estimate of drug-likeness (QED) is 0.823. The second kappa shape index (κ2) is 4.54. The summed E-state index contributed by atoms with van der Waals surface area (Å²) < 4.78 is 13.3. The molecule has 3 heteroatoms. The van der Waals surface area contributed by atoms with E-state index >= 15 is 0 Å². The number of benzene rings is 2. The van der Waals surface area contributed by atoms with Crippen LogP contribution in [0.1, 0.15) is 0 Å². The summed E-state index contributed by atoms with van der Waals surface area (Å²) in [6.07, 6.45) is 0. The minimum absolute atomic E-state index is 0.147. The van der Waals surface area contributed by atoms with Crippen molar-refractivity contribution in [3.05, 3.63) is 53.3 Å². The van der Waals surface area contributed by atoms with Crippen molar-refractivity contribution in [3.8, 4) is 11.1 Å². The Morgan fingerprint density at radius 2 is 1.81 bits per heavy atom. The SMILES string of the molecule is CNc1cccc(-c2ccc(Cl)c(F)c2)c1. The van der Waals surface area contributed by atoms with Gasteiger partial charge in [-0.15, -0.1) is 0 Å². The molecule has 0 saturated carbocycles. The highest BCUT2D eigenvalue weighted by atomic mass is 35.5. The van der Waals surface area contributed by atoms with Gasteiger partial charge in [0.15, 0.2) is 0 Å². The van der Waals surface area contributed by atoms with Crippen LogP contribution in [0.15, 0.2) is 42.5 Å². The first-order chi connectivity index (χ1) is 7.70. The van der Waals surface area contributed by atoms with E-state index in [9.17, 15) is 4.39 Å². The highest BCUT2D eigenvalue weighted by Crippen LogP contribution is 2.25. The average Bonchev–Trinajstić information content (AvgIpc) is 2.33. The summed E-state index contributed by atoms with van der Waals surface area (Å²) in [6, 6.07) is 12.6. The van der Waals surface area contributed by atoms with Gasteiger partial charge in [-0.2, -0.15) is 0 Å². The zero-order chi connectivity index (χ0) is 11.5. The van der Waals surface area contributed by atoms with Crippen LogP contribution >= 0.6 is 11.6 Å². The van der Waals surface area contributed by atoms with E-state index in [1.807, 2.05) is 31.3 Å². The molecule has 0 unspecified atom stereocenters. The van der Waals surface area contributed by atoms with Crippen LogP contribution < -0.4 is 5.32 Å². The van der Waals surface area contributed by atoms with Crippen LogP contribution in [0.5, 0.6) is 0 Å². The molecule has 1 nitrogen and oxygen atoms in total. The molecule has 0 spiro atoms. The Hall–Kier alpha value is -1.54. The third-order valence-electron chi connectivity index (χ3n) is 2.40. The van der Waals surface area contributed by atoms with Crippen molar-refractivity contribution < 1.29 is 4.39 Å². The van der Waals surface area contributed by atoms with E-state index in [1.54, 1.807) is 12.1 Å². The van der Waals surface area contributed by atoms with Crippen LogP contribution in [0.2, 0.25) is 5.02 Å². The Bertz CT molecular complexity index is 511. The lowest BCUT2D eigenvalue weighted by atomic mass is 10.1. The maximum atomic E-state index is 13.3. The lowest BCUT2D eigenvalue weighted by Gasteiger charge is -2.05. The lowest BCUT2D eigenvalue weighted by Crippen LogP contribution is -1.88. The van der Waals surface area contributed by atoms with Crippen molar-refractivity contribution in [2.24, 2.45) is 0 Å². The van der Waals surface area contributed by atoms with Gasteiger partial charge in [0.1, 0.15) is 5.82 Å². The molecule has 82 valence electrons. The van der Waals surface area contributed by atoms with Crippen LogP contribution in [0.25, 0.3) is 11.1 Å². The third-order valence-corrected chi connectivity index (χ3v) is 2.71. The molecule has 0 bridgehead atoms. The van der Waals surface area contributed by atoms with Crippen molar-refractivity contribution in [3.63, 3.8) is 0 Å². The Morgan fingerprint density at radius 1 is 1.06 bits per heavy atom. The van der Waals surface area contributed by atoms with Gasteiger partial charge >= 0.3 is 0 Å². The molecule has 0 aliphatic carbocycles. The van der Waals surface area contributed by atoms with E-state index in [-0.39, 0.29) is 5.02 Å². The van der Waals surface area contributed by atoms with Gasteiger partial charge in [-0.05, 0) is 35.4 Å². The Morgan fingerprint density at radius 3 is 2.50 bits per heavy atom. The third kappa shape index (κ3) is 2.17. The van der Waals surface area contributed by atoms with Gasteiger partial charge in [0, 0.05) is 12.7 Å². The first-order valence-electron chi connectivity index (χ1n) is 4.94. The van der Waals surface area contributed by atoms with E-state index in [4.69, 9.17) is 11.6 Å². The van der Waals surface area contributed by atoms with Crippen molar-refractivity contribution >= 4 is 17.3 Å². The monoisotopic (exact) mass is 235 g/mol. The summed E-state index contributed by atoms with van der Waals surface area (Å²) >= 11 is 5.64. The molecule has 0 atom stereocenters. The molecule has 0 fully saturated rings. The van der Waals surface area contributed by atoms with Crippen molar-refractivity contribution in [2.45, 2.75) is 0 Å². The second-order valence-electron chi connectivity index (χ2n) is 3.46. The van der Waals surface area contributed by atoms with Crippen LogP contribution in [0, 0.1) is 5.82 Å². The molecule has 2 aromatic carbocycles. The summed E-state index contributed by atoms with van der Waals surface area (Å²) in [5.41, 5.74) is 2.77. The number of nitrogens with one attached hydrogen (secondary N) is 1. The van der Waals surface area contributed by atoms with Crippen LogP contribution in [-0.2, 0) is 0 Å². The minimum Gasteiger partial charge on any atom is -0.388 e.